The number of rotatable bonds is 4. The first-order valence-corrected chi connectivity index (χ1v) is 6.59. The summed E-state index contributed by atoms with van der Waals surface area (Å²) >= 11 is 0. The van der Waals surface area contributed by atoms with Crippen LogP contribution in [0.25, 0.3) is 0 Å². The molecule has 0 fully saturated rings. The molecular weight excluding hydrogens is 256 g/mol. The molecule has 0 atom stereocenters. The number of hydrogen-bond acceptors (Lipinski definition) is 3. The Labute approximate surface area is 119 Å². The average Bonchev–Trinajstić information content (AvgIpc) is 2.46. The van der Waals surface area contributed by atoms with Crippen molar-refractivity contribution in [3.8, 4) is 5.75 Å². The van der Waals surface area contributed by atoms with Gasteiger partial charge in [-0.25, -0.2) is 4.79 Å². The first-order chi connectivity index (χ1) is 9.55. The molecule has 0 aliphatic heterocycles. The highest BCUT2D eigenvalue weighted by Gasteiger charge is 2.13. The smallest absolute Gasteiger partial charge is 0.326 e. The molecule has 0 aliphatic carbocycles. The molecule has 0 heterocycles. The molecule has 0 unspecified atom stereocenters. The summed E-state index contributed by atoms with van der Waals surface area (Å²) in [6.45, 7) is 4.04. The summed E-state index contributed by atoms with van der Waals surface area (Å²) in [6, 6.07) is 3.40. The topological polar surface area (TPSA) is 86.2 Å². The maximum atomic E-state index is 11.8. The summed E-state index contributed by atoms with van der Waals surface area (Å²) in [6.07, 6.45) is 1.56. The summed E-state index contributed by atoms with van der Waals surface area (Å²) in [5.41, 5.74) is 2.80. The van der Waals surface area contributed by atoms with Crippen molar-refractivity contribution in [1.29, 1.82) is 5.41 Å². The van der Waals surface area contributed by atoms with Gasteiger partial charge in [-0.3, -0.25) is 10.7 Å². The zero-order valence-corrected chi connectivity index (χ0v) is 12.4. The third-order valence-electron chi connectivity index (χ3n) is 3.00. The summed E-state index contributed by atoms with van der Waals surface area (Å²) in [5.74, 6) is 0.736. The largest absolute Gasteiger partial charge is 0.497 e. The first kappa shape index (κ1) is 15.8. The molecule has 6 nitrogen and oxygen atoms in total. The number of anilines is 1. The lowest BCUT2D eigenvalue weighted by Gasteiger charge is -2.16. The summed E-state index contributed by atoms with van der Waals surface area (Å²) in [4.78, 5) is 11.8. The molecule has 1 rings (SSSR count). The lowest BCUT2D eigenvalue weighted by atomic mass is 10.0. The molecular formula is C14H22N4O2. The number of carbonyl (C=O) groups is 1. The number of amides is 2. The van der Waals surface area contributed by atoms with Crippen LogP contribution in [0, 0.1) is 5.41 Å². The van der Waals surface area contributed by atoms with Crippen LogP contribution in [0.3, 0.4) is 0 Å². The van der Waals surface area contributed by atoms with Gasteiger partial charge in [-0.2, -0.15) is 0 Å². The van der Waals surface area contributed by atoms with E-state index in [2.05, 4.69) is 16.0 Å². The van der Waals surface area contributed by atoms with Crippen molar-refractivity contribution in [2.24, 2.45) is 0 Å². The van der Waals surface area contributed by atoms with E-state index in [-0.39, 0.29) is 5.96 Å². The van der Waals surface area contributed by atoms with Gasteiger partial charge in [0.2, 0.25) is 0 Å². The van der Waals surface area contributed by atoms with Crippen molar-refractivity contribution < 1.29 is 9.53 Å². The van der Waals surface area contributed by atoms with Gasteiger partial charge in [0.1, 0.15) is 5.75 Å². The highest BCUT2D eigenvalue weighted by molar-refractivity contribution is 6.02. The Morgan fingerprint density at radius 2 is 1.80 bits per heavy atom. The van der Waals surface area contributed by atoms with E-state index in [1.165, 1.54) is 0 Å². The van der Waals surface area contributed by atoms with E-state index >= 15 is 0 Å². The van der Waals surface area contributed by atoms with Crippen LogP contribution in [0.5, 0.6) is 5.75 Å². The standard InChI is InChI=1S/C14H22N4O2/c1-5-9-7-11(20-4)8-10(6-2)12(9)17-14(19)18-13(15)16-3/h7-8H,5-6H2,1-4H3,(H4,15,16,17,18,19). The maximum Gasteiger partial charge on any atom is 0.326 e. The summed E-state index contributed by atoms with van der Waals surface area (Å²) in [7, 11) is 3.20. The van der Waals surface area contributed by atoms with Gasteiger partial charge in [-0.15, -0.1) is 0 Å². The van der Waals surface area contributed by atoms with Crippen LogP contribution in [0.2, 0.25) is 0 Å². The molecule has 110 valence electrons. The third-order valence-corrected chi connectivity index (χ3v) is 3.00. The Kier molecular flexibility index (Phi) is 5.83. The van der Waals surface area contributed by atoms with E-state index in [4.69, 9.17) is 10.1 Å². The maximum absolute atomic E-state index is 11.8. The van der Waals surface area contributed by atoms with Crippen molar-refractivity contribution in [2.45, 2.75) is 26.7 Å². The molecule has 0 aliphatic rings. The zero-order chi connectivity index (χ0) is 15.1. The Morgan fingerprint density at radius 3 is 2.20 bits per heavy atom. The van der Waals surface area contributed by atoms with Gasteiger partial charge in [0.15, 0.2) is 5.96 Å². The van der Waals surface area contributed by atoms with Crippen molar-refractivity contribution in [3.63, 3.8) is 0 Å². The van der Waals surface area contributed by atoms with E-state index in [0.29, 0.717) is 0 Å². The van der Waals surface area contributed by atoms with Crippen molar-refractivity contribution >= 4 is 17.7 Å². The zero-order valence-electron chi connectivity index (χ0n) is 12.4. The van der Waals surface area contributed by atoms with Crippen LogP contribution < -0.4 is 20.7 Å². The number of nitrogens with one attached hydrogen (secondary N) is 4. The van der Waals surface area contributed by atoms with Gasteiger partial charge >= 0.3 is 6.03 Å². The molecule has 2 amide bonds. The molecule has 0 saturated heterocycles. The predicted octanol–water partition coefficient (Wildman–Crippen LogP) is 2.10. The number of urea groups is 1. The second-order valence-electron chi connectivity index (χ2n) is 4.23. The second-order valence-corrected chi connectivity index (χ2v) is 4.23. The fourth-order valence-corrected chi connectivity index (χ4v) is 1.89. The normalized spacial score (nSPS) is 9.80. The minimum absolute atomic E-state index is 0.0490. The summed E-state index contributed by atoms with van der Waals surface area (Å²) in [5, 5.41) is 15.2. The van der Waals surface area contributed by atoms with E-state index in [1.807, 2.05) is 26.0 Å². The van der Waals surface area contributed by atoms with Gasteiger partial charge in [-0.1, -0.05) is 13.8 Å². The average molecular weight is 278 g/mol. The lowest BCUT2D eigenvalue weighted by Crippen LogP contribution is -2.40. The number of methoxy groups -OCH3 is 1. The van der Waals surface area contributed by atoms with Gasteiger partial charge in [0.25, 0.3) is 0 Å². The van der Waals surface area contributed by atoms with Gasteiger partial charge in [0, 0.05) is 12.7 Å². The van der Waals surface area contributed by atoms with E-state index in [1.54, 1.807) is 14.2 Å². The number of carbonyl (C=O) groups excluding carboxylic acids is 1. The first-order valence-electron chi connectivity index (χ1n) is 6.59. The Balaban J connectivity index is 3.03. The number of aryl methyl sites for hydroxylation is 2. The SMILES string of the molecule is CCc1cc(OC)cc(CC)c1NC(=O)NC(=N)NC. The minimum Gasteiger partial charge on any atom is -0.497 e. The molecule has 6 heteroatoms. The van der Waals surface area contributed by atoms with Gasteiger partial charge in [-0.05, 0) is 36.1 Å². The monoisotopic (exact) mass is 278 g/mol. The number of hydrogen-bond donors (Lipinski definition) is 4. The van der Waals surface area contributed by atoms with Crippen LogP contribution in [0.4, 0.5) is 10.5 Å². The van der Waals surface area contributed by atoms with E-state index in [0.717, 1.165) is 35.4 Å². The molecule has 0 saturated carbocycles. The molecule has 4 N–H and O–H groups in total. The number of guanidine groups is 1. The fraction of sp³-hybridized carbons (Fsp3) is 0.429. The predicted molar refractivity (Wildman–Crippen MR) is 80.7 cm³/mol. The van der Waals surface area contributed by atoms with E-state index in [9.17, 15) is 4.79 Å². The highest BCUT2D eigenvalue weighted by Crippen LogP contribution is 2.28. The summed E-state index contributed by atoms with van der Waals surface area (Å²) < 4.78 is 5.27. The van der Waals surface area contributed by atoms with Crippen LogP contribution in [-0.4, -0.2) is 26.1 Å². The van der Waals surface area contributed by atoms with Crippen LogP contribution in [-0.2, 0) is 12.8 Å². The Bertz CT molecular complexity index is 475. The van der Waals surface area contributed by atoms with Gasteiger partial charge in [0.05, 0.1) is 7.11 Å². The third kappa shape index (κ3) is 3.88. The Morgan fingerprint density at radius 1 is 1.25 bits per heavy atom. The van der Waals surface area contributed by atoms with Crippen LogP contribution >= 0.6 is 0 Å². The molecule has 20 heavy (non-hydrogen) atoms. The molecule has 0 bridgehead atoms. The Hall–Kier alpha value is -2.24. The second kappa shape index (κ2) is 7.37. The molecule has 1 aromatic rings. The molecule has 0 radical (unpaired) electrons. The van der Waals surface area contributed by atoms with Gasteiger partial charge < -0.3 is 15.4 Å². The fourth-order valence-electron chi connectivity index (χ4n) is 1.89. The van der Waals surface area contributed by atoms with Crippen molar-refractivity contribution in [2.75, 3.05) is 19.5 Å². The minimum atomic E-state index is -0.432. The van der Waals surface area contributed by atoms with Crippen molar-refractivity contribution in [1.82, 2.24) is 10.6 Å². The van der Waals surface area contributed by atoms with Crippen LogP contribution in [0.1, 0.15) is 25.0 Å². The number of ether oxygens (including phenoxy) is 1. The molecule has 0 spiro atoms. The molecule has 0 aromatic heterocycles. The lowest BCUT2D eigenvalue weighted by molar-refractivity contribution is 0.256. The van der Waals surface area contributed by atoms with Crippen LogP contribution in [0.15, 0.2) is 12.1 Å². The quantitative estimate of drug-likeness (QED) is 0.502. The van der Waals surface area contributed by atoms with E-state index < -0.39 is 6.03 Å². The highest BCUT2D eigenvalue weighted by atomic mass is 16.5. The number of benzene rings is 1. The van der Waals surface area contributed by atoms with Crippen molar-refractivity contribution in [3.05, 3.63) is 23.3 Å². The molecule has 1 aromatic carbocycles.